The molecule has 1 aliphatic carbocycles. The Bertz CT molecular complexity index is 634. The zero-order chi connectivity index (χ0) is 13.5. The molecule has 0 radical (unpaired) electrons. The Balaban J connectivity index is 2.03. The fourth-order valence-corrected chi connectivity index (χ4v) is 3.62. The molecule has 0 amide bonds. The van der Waals surface area contributed by atoms with Gasteiger partial charge in [-0.2, -0.15) is 0 Å². The molecule has 1 atom stereocenters. The summed E-state index contributed by atoms with van der Waals surface area (Å²) in [6.07, 6.45) is 5.16. The third-order valence-electron chi connectivity index (χ3n) is 4.60. The van der Waals surface area contributed by atoms with Crippen molar-refractivity contribution >= 4 is 11.0 Å². The van der Waals surface area contributed by atoms with Crippen LogP contribution in [0.3, 0.4) is 0 Å². The van der Waals surface area contributed by atoms with Gasteiger partial charge in [-0.3, -0.25) is 0 Å². The van der Waals surface area contributed by atoms with Crippen LogP contribution in [0.5, 0.6) is 0 Å². The highest BCUT2D eigenvalue weighted by atomic mass is 16.1. The van der Waals surface area contributed by atoms with Gasteiger partial charge >= 0.3 is 5.69 Å². The molecule has 0 bridgehead atoms. The van der Waals surface area contributed by atoms with Crippen LogP contribution < -0.4 is 11.0 Å². The minimum atomic E-state index is -0.139. The van der Waals surface area contributed by atoms with Gasteiger partial charge in [-0.15, -0.1) is 0 Å². The summed E-state index contributed by atoms with van der Waals surface area (Å²) < 4.78 is 0. The van der Waals surface area contributed by atoms with Gasteiger partial charge < -0.3 is 15.3 Å². The van der Waals surface area contributed by atoms with Gasteiger partial charge in [0.05, 0.1) is 11.0 Å². The van der Waals surface area contributed by atoms with Crippen LogP contribution in [0.25, 0.3) is 11.0 Å². The molecule has 0 spiro atoms. The summed E-state index contributed by atoms with van der Waals surface area (Å²) in [5.74, 6) is 0. The third-order valence-corrected chi connectivity index (χ3v) is 4.60. The lowest BCUT2D eigenvalue weighted by atomic mass is 9.77. The van der Waals surface area contributed by atoms with Crippen molar-refractivity contribution in [1.82, 2.24) is 15.3 Å². The molecule has 3 rings (SSSR count). The third kappa shape index (κ3) is 2.10. The first kappa shape index (κ1) is 12.5. The summed E-state index contributed by atoms with van der Waals surface area (Å²) in [6.45, 7) is 2.37. The Labute approximate surface area is 112 Å². The number of fused-ring (bicyclic) bond motifs is 1. The van der Waals surface area contributed by atoms with Crippen molar-refractivity contribution in [2.75, 3.05) is 7.05 Å². The number of imidazole rings is 1. The van der Waals surface area contributed by atoms with E-state index in [1.54, 1.807) is 0 Å². The van der Waals surface area contributed by atoms with Crippen molar-refractivity contribution in [3.8, 4) is 0 Å². The predicted octanol–water partition coefficient (Wildman–Crippen LogP) is 2.70. The summed E-state index contributed by atoms with van der Waals surface area (Å²) >= 11 is 0. The molecule has 2 aromatic rings. The number of hydrogen-bond acceptors (Lipinski definition) is 2. The Hall–Kier alpha value is -1.55. The van der Waals surface area contributed by atoms with Gasteiger partial charge in [-0.1, -0.05) is 25.8 Å². The maximum absolute atomic E-state index is 11.3. The van der Waals surface area contributed by atoms with Crippen molar-refractivity contribution in [1.29, 1.82) is 0 Å². The summed E-state index contributed by atoms with van der Waals surface area (Å²) in [5, 5.41) is 3.47. The number of aromatic nitrogens is 2. The van der Waals surface area contributed by atoms with Gasteiger partial charge in [-0.05, 0) is 43.0 Å². The quantitative estimate of drug-likeness (QED) is 0.793. The maximum Gasteiger partial charge on any atom is 0.323 e. The van der Waals surface area contributed by atoms with E-state index in [0.29, 0.717) is 11.5 Å². The van der Waals surface area contributed by atoms with Crippen LogP contribution >= 0.6 is 0 Å². The lowest BCUT2D eigenvalue weighted by Gasteiger charge is -2.34. The first-order valence-corrected chi connectivity index (χ1v) is 7.02. The lowest BCUT2D eigenvalue weighted by Crippen LogP contribution is -2.32. The van der Waals surface area contributed by atoms with E-state index in [1.165, 1.54) is 31.2 Å². The number of hydrogen-bond donors (Lipinski definition) is 3. The topological polar surface area (TPSA) is 60.7 Å². The van der Waals surface area contributed by atoms with Gasteiger partial charge in [0.1, 0.15) is 0 Å². The van der Waals surface area contributed by atoms with E-state index in [0.717, 1.165) is 11.0 Å². The number of rotatable bonds is 3. The van der Waals surface area contributed by atoms with E-state index in [2.05, 4.69) is 34.3 Å². The summed E-state index contributed by atoms with van der Waals surface area (Å²) in [4.78, 5) is 17.0. The van der Waals surface area contributed by atoms with E-state index in [1.807, 2.05) is 13.1 Å². The monoisotopic (exact) mass is 259 g/mol. The number of nitrogens with one attached hydrogen (secondary N) is 3. The van der Waals surface area contributed by atoms with Crippen molar-refractivity contribution in [2.45, 2.75) is 38.6 Å². The van der Waals surface area contributed by atoms with Crippen LogP contribution in [0.1, 0.15) is 44.2 Å². The minimum absolute atomic E-state index is 0.139. The average molecular weight is 259 g/mol. The first-order valence-electron chi connectivity index (χ1n) is 7.02. The van der Waals surface area contributed by atoms with Crippen LogP contribution in [-0.2, 0) is 0 Å². The second kappa shape index (κ2) is 4.53. The zero-order valence-electron chi connectivity index (χ0n) is 11.5. The summed E-state index contributed by atoms with van der Waals surface area (Å²) in [5.41, 5.74) is 3.21. The number of benzene rings is 1. The van der Waals surface area contributed by atoms with Gasteiger partial charge in [0.15, 0.2) is 0 Å². The molecule has 1 aromatic heterocycles. The highest BCUT2D eigenvalue weighted by Gasteiger charge is 2.37. The Morgan fingerprint density at radius 2 is 1.89 bits per heavy atom. The molecular weight excluding hydrogens is 238 g/mol. The second-order valence-electron chi connectivity index (χ2n) is 5.97. The van der Waals surface area contributed by atoms with Crippen LogP contribution in [0.15, 0.2) is 23.0 Å². The smallest absolute Gasteiger partial charge is 0.313 e. The Morgan fingerprint density at radius 3 is 2.58 bits per heavy atom. The van der Waals surface area contributed by atoms with E-state index in [4.69, 9.17) is 0 Å². The largest absolute Gasteiger partial charge is 0.323 e. The Kier molecular flexibility index (Phi) is 2.97. The highest BCUT2D eigenvalue weighted by Crippen LogP contribution is 2.47. The normalized spacial score (nSPS) is 19.9. The molecule has 3 N–H and O–H groups in total. The fourth-order valence-electron chi connectivity index (χ4n) is 3.62. The molecule has 1 aromatic carbocycles. The van der Waals surface area contributed by atoms with Crippen molar-refractivity contribution < 1.29 is 0 Å². The fraction of sp³-hybridized carbons (Fsp3) is 0.533. The first-order chi connectivity index (χ1) is 9.12. The predicted molar refractivity (Wildman–Crippen MR) is 77.3 cm³/mol. The standard InChI is InChI=1S/C15H21N3O/c1-15(7-3-4-8-15)13(16-2)10-5-6-11-12(9-10)18-14(19)17-11/h5-6,9,13,16H,3-4,7-8H2,1-2H3,(H2,17,18,19). The molecule has 102 valence electrons. The van der Waals surface area contributed by atoms with Crippen molar-refractivity contribution in [2.24, 2.45) is 5.41 Å². The molecule has 1 heterocycles. The Morgan fingerprint density at radius 1 is 1.21 bits per heavy atom. The van der Waals surface area contributed by atoms with Crippen molar-refractivity contribution in [3.63, 3.8) is 0 Å². The summed E-state index contributed by atoms with van der Waals surface area (Å²) in [6, 6.07) is 6.55. The van der Waals surface area contributed by atoms with Crippen LogP contribution in [0.4, 0.5) is 0 Å². The van der Waals surface area contributed by atoms with Gasteiger partial charge in [0.25, 0.3) is 0 Å². The van der Waals surface area contributed by atoms with Crippen LogP contribution in [-0.4, -0.2) is 17.0 Å². The van der Waals surface area contributed by atoms with Gasteiger partial charge in [0, 0.05) is 6.04 Å². The maximum atomic E-state index is 11.3. The zero-order valence-corrected chi connectivity index (χ0v) is 11.5. The van der Waals surface area contributed by atoms with Crippen LogP contribution in [0, 0.1) is 5.41 Å². The summed E-state index contributed by atoms with van der Waals surface area (Å²) in [7, 11) is 2.03. The van der Waals surface area contributed by atoms with E-state index in [9.17, 15) is 4.79 Å². The molecular formula is C15H21N3O. The van der Waals surface area contributed by atoms with E-state index >= 15 is 0 Å². The molecule has 1 saturated carbocycles. The van der Waals surface area contributed by atoms with Crippen molar-refractivity contribution in [3.05, 3.63) is 34.2 Å². The molecule has 0 aliphatic heterocycles. The minimum Gasteiger partial charge on any atom is -0.313 e. The molecule has 19 heavy (non-hydrogen) atoms. The number of aromatic amines is 2. The molecule has 0 saturated heterocycles. The molecule has 1 unspecified atom stereocenters. The van der Waals surface area contributed by atoms with E-state index in [-0.39, 0.29) is 5.69 Å². The molecule has 1 fully saturated rings. The van der Waals surface area contributed by atoms with Crippen LogP contribution in [0.2, 0.25) is 0 Å². The van der Waals surface area contributed by atoms with Gasteiger partial charge in [-0.25, -0.2) is 4.79 Å². The molecule has 4 nitrogen and oxygen atoms in total. The second-order valence-corrected chi connectivity index (χ2v) is 5.97. The average Bonchev–Trinajstić information content (AvgIpc) is 2.95. The SMILES string of the molecule is CNC(c1ccc2[nH]c(=O)[nH]c2c1)C1(C)CCCC1. The molecule has 1 aliphatic rings. The van der Waals surface area contributed by atoms with Gasteiger partial charge in [0.2, 0.25) is 0 Å². The van der Waals surface area contributed by atoms with E-state index < -0.39 is 0 Å². The lowest BCUT2D eigenvalue weighted by molar-refractivity contribution is 0.234. The highest BCUT2D eigenvalue weighted by molar-refractivity contribution is 5.75. The molecule has 4 heteroatoms. The number of H-pyrrole nitrogens is 2.